The molecule has 0 amide bonds. The van der Waals surface area contributed by atoms with Crippen molar-refractivity contribution in [3.63, 3.8) is 0 Å². The van der Waals surface area contributed by atoms with Crippen molar-refractivity contribution in [2.24, 2.45) is 0 Å². The molecule has 1 N–H and O–H groups in total. The average Bonchev–Trinajstić information content (AvgIpc) is 2.49. The SMILES string of the molecule is CCN1CCOC(CNCc2ccc(OC)cc2F)C1. The Morgan fingerprint density at radius 3 is 3.05 bits per heavy atom. The molecule has 1 aliphatic heterocycles. The number of nitrogens with one attached hydrogen (secondary N) is 1. The molecule has 1 fully saturated rings. The molecule has 1 aromatic carbocycles. The van der Waals surface area contributed by atoms with E-state index >= 15 is 0 Å². The molecule has 0 aliphatic carbocycles. The van der Waals surface area contributed by atoms with Crippen molar-refractivity contribution in [3.8, 4) is 5.75 Å². The fourth-order valence-corrected chi connectivity index (χ4v) is 2.36. The van der Waals surface area contributed by atoms with E-state index in [9.17, 15) is 4.39 Å². The van der Waals surface area contributed by atoms with Gasteiger partial charge >= 0.3 is 0 Å². The Labute approximate surface area is 119 Å². The lowest BCUT2D eigenvalue weighted by Gasteiger charge is -2.32. The van der Waals surface area contributed by atoms with Crippen LogP contribution in [0.3, 0.4) is 0 Å². The second-order valence-corrected chi connectivity index (χ2v) is 4.97. The first-order valence-corrected chi connectivity index (χ1v) is 7.10. The predicted octanol–water partition coefficient (Wildman–Crippen LogP) is 1.64. The first-order valence-electron chi connectivity index (χ1n) is 7.10. The monoisotopic (exact) mass is 282 g/mol. The van der Waals surface area contributed by atoms with Crippen LogP contribution in [-0.4, -0.2) is 50.9 Å². The van der Waals surface area contributed by atoms with Crippen LogP contribution in [0.2, 0.25) is 0 Å². The second kappa shape index (κ2) is 7.57. The van der Waals surface area contributed by atoms with Crippen LogP contribution in [0.15, 0.2) is 18.2 Å². The van der Waals surface area contributed by atoms with Crippen LogP contribution in [0.25, 0.3) is 0 Å². The van der Waals surface area contributed by atoms with Gasteiger partial charge < -0.3 is 14.8 Å². The van der Waals surface area contributed by atoms with Gasteiger partial charge in [-0.2, -0.15) is 0 Å². The third-order valence-corrected chi connectivity index (χ3v) is 3.62. The molecular weight excluding hydrogens is 259 g/mol. The van der Waals surface area contributed by atoms with E-state index in [0.29, 0.717) is 17.9 Å². The maximum absolute atomic E-state index is 13.8. The molecule has 0 saturated carbocycles. The van der Waals surface area contributed by atoms with Gasteiger partial charge in [-0.3, -0.25) is 4.90 Å². The maximum Gasteiger partial charge on any atom is 0.131 e. The zero-order valence-corrected chi connectivity index (χ0v) is 12.2. The molecule has 1 saturated heterocycles. The first-order chi connectivity index (χ1) is 9.72. The Morgan fingerprint density at radius 1 is 1.50 bits per heavy atom. The van der Waals surface area contributed by atoms with Gasteiger partial charge in [-0.25, -0.2) is 4.39 Å². The molecule has 1 unspecified atom stereocenters. The maximum atomic E-state index is 13.8. The van der Waals surface area contributed by atoms with Crippen LogP contribution in [0, 0.1) is 5.82 Å². The van der Waals surface area contributed by atoms with E-state index in [1.165, 1.54) is 13.2 Å². The third kappa shape index (κ3) is 4.16. The summed E-state index contributed by atoms with van der Waals surface area (Å²) in [7, 11) is 1.53. The number of hydrogen-bond acceptors (Lipinski definition) is 4. The van der Waals surface area contributed by atoms with E-state index in [-0.39, 0.29) is 11.9 Å². The highest BCUT2D eigenvalue weighted by Crippen LogP contribution is 2.16. The number of rotatable bonds is 6. The van der Waals surface area contributed by atoms with E-state index in [4.69, 9.17) is 9.47 Å². The number of morpholine rings is 1. The summed E-state index contributed by atoms with van der Waals surface area (Å²) in [5.41, 5.74) is 0.647. The summed E-state index contributed by atoms with van der Waals surface area (Å²) in [4.78, 5) is 2.36. The summed E-state index contributed by atoms with van der Waals surface area (Å²) in [6.07, 6.45) is 0.185. The molecule has 20 heavy (non-hydrogen) atoms. The van der Waals surface area contributed by atoms with Gasteiger partial charge in [0, 0.05) is 37.8 Å². The van der Waals surface area contributed by atoms with Gasteiger partial charge in [-0.05, 0) is 12.6 Å². The highest BCUT2D eigenvalue weighted by Gasteiger charge is 2.18. The Bertz CT molecular complexity index is 428. The lowest BCUT2D eigenvalue weighted by molar-refractivity contribution is -0.0254. The van der Waals surface area contributed by atoms with E-state index < -0.39 is 0 Å². The van der Waals surface area contributed by atoms with E-state index in [1.54, 1.807) is 12.1 Å². The lowest BCUT2D eigenvalue weighted by atomic mass is 10.2. The Hall–Kier alpha value is -1.17. The zero-order chi connectivity index (χ0) is 14.4. The van der Waals surface area contributed by atoms with Crippen molar-refractivity contribution >= 4 is 0 Å². The number of nitrogens with zero attached hydrogens (tertiary/aromatic N) is 1. The number of ether oxygens (including phenoxy) is 2. The van der Waals surface area contributed by atoms with Crippen molar-refractivity contribution in [1.82, 2.24) is 10.2 Å². The lowest BCUT2D eigenvalue weighted by Crippen LogP contribution is -2.46. The molecule has 2 rings (SSSR count). The molecule has 1 aliphatic rings. The predicted molar refractivity (Wildman–Crippen MR) is 76.5 cm³/mol. The van der Waals surface area contributed by atoms with Crippen molar-refractivity contribution in [1.29, 1.82) is 0 Å². The highest BCUT2D eigenvalue weighted by atomic mass is 19.1. The average molecular weight is 282 g/mol. The van der Waals surface area contributed by atoms with Gasteiger partial charge in [0.05, 0.1) is 19.8 Å². The number of likely N-dealkylation sites (N-methyl/N-ethyl adjacent to an activating group) is 1. The summed E-state index contributed by atoms with van der Waals surface area (Å²) < 4.78 is 24.4. The quantitative estimate of drug-likeness (QED) is 0.860. The Balaban J connectivity index is 1.78. The normalized spacial score (nSPS) is 20.1. The summed E-state index contributed by atoms with van der Waals surface area (Å²) in [5, 5.41) is 3.26. The van der Waals surface area contributed by atoms with Gasteiger partial charge in [0.25, 0.3) is 0 Å². The molecule has 1 atom stereocenters. The molecule has 4 nitrogen and oxygen atoms in total. The fraction of sp³-hybridized carbons (Fsp3) is 0.600. The molecule has 5 heteroatoms. The minimum absolute atomic E-state index is 0.185. The molecule has 0 bridgehead atoms. The summed E-state index contributed by atoms with van der Waals surface area (Å²) in [6.45, 7) is 7.16. The summed E-state index contributed by atoms with van der Waals surface area (Å²) in [5.74, 6) is 0.303. The Morgan fingerprint density at radius 2 is 2.35 bits per heavy atom. The van der Waals surface area contributed by atoms with Crippen LogP contribution < -0.4 is 10.1 Å². The van der Waals surface area contributed by atoms with Gasteiger partial charge in [0.2, 0.25) is 0 Å². The number of halogens is 1. The van der Waals surface area contributed by atoms with Crippen LogP contribution in [0.4, 0.5) is 4.39 Å². The molecule has 0 aromatic heterocycles. The summed E-state index contributed by atoms with van der Waals surface area (Å²) in [6, 6.07) is 4.93. The number of hydrogen-bond donors (Lipinski definition) is 1. The topological polar surface area (TPSA) is 33.7 Å². The second-order valence-electron chi connectivity index (χ2n) is 4.97. The van der Waals surface area contributed by atoms with E-state index in [1.807, 2.05) is 0 Å². The Kier molecular flexibility index (Phi) is 5.76. The van der Waals surface area contributed by atoms with E-state index in [2.05, 4.69) is 17.1 Å². The zero-order valence-electron chi connectivity index (χ0n) is 12.2. The smallest absolute Gasteiger partial charge is 0.131 e. The van der Waals surface area contributed by atoms with Gasteiger partial charge in [-0.15, -0.1) is 0 Å². The minimum Gasteiger partial charge on any atom is -0.497 e. The number of benzene rings is 1. The molecule has 1 aromatic rings. The van der Waals surface area contributed by atoms with Crippen molar-refractivity contribution in [2.45, 2.75) is 19.6 Å². The van der Waals surface area contributed by atoms with Gasteiger partial charge in [0.15, 0.2) is 0 Å². The highest BCUT2D eigenvalue weighted by molar-refractivity contribution is 5.28. The van der Waals surface area contributed by atoms with Crippen LogP contribution in [0.1, 0.15) is 12.5 Å². The molecule has 112 valence electrons. The third-order valence-electron chi connectivity index (χ3n) is 3.62. The van der Waals surface area contributed by atoms with Crippen LogP contribution in [0.5, 0.6) is 5.75 Å². The fourth-order valence-electron chi connectivity index (χ4n) is 2.36. The van der Waals surface area contributed by atoms with Crippen molar-refractivity contribution in [3.05, 3.63) is 29.6 Å². The van der Waals surface area contributed by atoms with Crippen molar-refractivity contribution in [2.75, 3.05) is 39.9 Å². The van der Waals surface area contributed by atoms with Crippen LogP contribution >= 0.6 is 0 Å². The van der Waals surface area contributed by atoms with Crippen molar-refractivity contribution < 1.29 is 13.9 Å². The van der Waals surface area contributed by atoms with Gasteiger partial charge in [-0.1, -0.05) is 13.0 Å². The largest absolute Gasteiger partial charge is 0.497 e. The molecule has 0 radical (unpaired) electrons. The van der Waals surface area contributed by atoms with Crippen LogP contribution in [-0.2, 0) is 11.3 Å². The minimum atomic E-state index is -0.239. The standard InChI is InChI=1S/C15H23FN2O2/c1-3-18-6-7-20-14(11-18)10-17-9-12-4-5-13(19-2)8-15(12)16/h4-5,8,14,17H,3,6-7,9-11H2,1-2H3. The molecule has 1 heterocycles. The molecular formula is C15H23FN2O2. The number of methoxy groups -OCH3 is 1. The first kappa shape index (κ1) is 15.2. The van der Waals surface area contributed by atoms with Gasteiger partial charge in [0.1, 0.15) is 11.6 Å². The van der Waals surface area contributed by atoms with E-state index in [0.717, 1.165) is 32.8 Å². The summed E-state index contributed by atoms with van der Waals surface area (Å²) >= 11 is 0. The molecule has 0 spiro atoms.